The van der Waals surface area contributed by atoms with Gasteiger partial charge in [-0.1, -0.05) is 206 Å². The van der Waals surface area contributed by atoms with Crippen LogP contribution in [0.1, 0.15) is 0 Å². The number of hydrogen-bond acceptors (Lipinski definition) is 0. The summed E-state index contributed by atoms with van der Waals surface area (Å²) in [6, 6.07) is 80.8. The fourth-order valence-corrected chi connectivity index (χ4v) is 9.85. The quantitative estimate of drug-likeness (QED) is 0.158. The van der Waals surface area contributed by atoms with E-state index in [-0.39, 0.29) is 0 Å². The van der Waals surface area contributed by atoms with Gasteiger partial charge in [0, 0.05) is 0 Å². The highest BCUT2D eigenvalue weighted by Gasteiger charge is 2.19. The molecule has 0 bridgehead atoms. The van der Waals surface area contributed by atoms with E-state index < -0.39 is 0 Å². The molecular weight excluding hydrogens is 697 g/mol. The van der Waals surface area contributed by atoms with Gasteiger partial charge in [0.1, 0.15) is 0 Å². The van der Waals surface area contributed by atoms with Crippen molar-refractivity contribution in [2.45, 2.75) is 0 Å². The van der Waals surface area contributed by atoms with Crippen LogP contribution in [0, 0.1) is 0 Å². The van der Waals surface area contributed by atoms with E-state index >= 15 is 0 Å². The van der Waals surface area contributed by atoms with Gasteiger partial charge < -0.3 is 0 Å². The highest BCUT2D eigenvalue weighted by molar-refractivity contribution is 6.40. The summed E-state index contributed by atoms with van der Waals surface area (Å²) >= 11 is 0. The zero-order valence-electron chi connectivity index (χ0n) is 31.8. The molecule has 58 heavy (non-hydrogen) atoms. The summed E-state index contributed by atoms with van der Waals surface area (Å²) in [5, 5.41) is 17.9. The summed E-state index contributed by atoms with van der Waals surface area (Å²) in [5.41, 5.74) is 9.93. The molecule has 0 aromatic heterocycles. The Morgan fingerprint density at radius 1 is 0.155 bits per heavy atom. The van der Waals surface area contributed by atoms with Gasteiger partial charge in [0.2, 0.25) is 0 Å². The van der Waals surface area contributed by atoms with Crippen LogP contribution in [-0.4, -0.2) is 0 Å². The minimum absolute atomic E-state index is 1.22. The second-order valence-corrected chi connectivity index (χ2v) is 15.5. The average molecular weight is 733 g/mol. The molecule has 0 saturated carbocycles. The van der Waals surface area contributed by atoms with Crippen LogP contribution in [0.2, 0.25) is 0 Å². The first-order valence-corrected chi connectivity index (χ1v) is 20.2. The average Bonchev–Trinajstić information content (AvgIpc) is 3.31. The van der Waals surface area contributed by atoms with Gasteiger partial charge in [0.25, 0.3) is 0 Å². The molecule has 12 aromatic carbocycles. The van der Waals surface area contributed by atoms with E-state index in [1.165, 1.54) is 120 Å². The van der Waals surface area contributed by atoms with Gasteiger partial charge in [-0.3, -0.25) is 0 Å². The van der Waals surface area contributed by atoms with Gasteiger partial charge in [-0.15, -0.1) is 0 Å². The summed E-state index contributed by atoms with van der Waals surface area (Å²) in [4.78, 5) is 0. The predicted octanol–water partition coefficient (Wildman–Crippen LogP) is 16.4. The summed E-state index contributed by atoms with van der Waals surface area (Å²) < 4.78 is 0. The molecule has 0 fully saturated rings. The Kier molecular flexibility index (Phi) is 7.33. The fraction of sp³-hybridized carbons (Fsp3) is 0. The number of hydrogen-bond donors (Lipinski definition) is 0. The smallest absolute Gasteiger partial charge is 0.00137 e. The fourth-order valence-electron chi connectivity index (χ4n) is 9.85. The zero-order valence-corrected chi connectivity index (χ0v) is 31.8. The first kappa shape index (κ1) is 32.7. The van der Waals surface area contributed by atoms with Crippen LogP contribution in [0.5, 0.6) is 0 Å². The van der Waals surface area contributed by atoms with Gasteiger partial charge in [-0.05, 0) is 132 Å². The molecule has 0 aliphatic heterocycles. The van der Waals surface area contributed by atoms with E-state index in [0.29, 0.717) is 0 Å². The lowest BCUT2D eigenvalue weighted by molar-refractivity contribution is 1.64. The maximum absolute atomic E-state index is 2.46. The summed E-state index contributed by atoms with van der Waals surface area (Å²) in [5.74, 6) is 0. The molecule has 0 N–H and O–H groups in total. The highest BCUT2D eigenvalue weighted by Crippen LogP contribution is 2.47. The molecular formula is C58H36. The first-order valence-electron chi connectivity index (χ1n) is 20.2. The minimum Gasteiger partial charge on any atom is -0.0622 e. The standard InChI is InChI=1S/C58H36/c1-3-15-37(16-4-1)41-31-33-43(47-21-9-7-19-45(41)47)39-27-29-51-49-23-11-14-26-54(49)58-56-36-40(28-30-52(56)50-24-12-13-25-53(50)57(58)55(51)35-39)44-34-32-42(38-17-5-2-6-18-38)46-20-8-10-22-48(44)46/h1-36H. The van der Waals surface area contributed by atoms with Gasteiger partial charge in [-0.2, -0.15) is 0 Å². The molecule has 0 nitrogen and oxygen atoms in total. The van der Waals surface area contributed by atoms with Crippen LogP contribution < -0.4 is 0 Å². The van der Waals surface area contributed by atoms with Crippen LogP contribution in [0.3, 0.4) is 0 Å². The zero-order chi connectivity index (χ0) is 38.2. The molecule has 0 radical (unpaired) electrons. The van der Waals surface area contributed by atoms with Gasteiger partial charge in [0.05, 0.1) is 0 Å². The third-order valence-corrected chi connectivity index (χ3v) is 12.4. The second kappa shape index (κ2) is 13.0. The van der Waals surface area contributed by atoms with Crippen molar-refractivity contribution in [1.29, 1.82) is 0 Å². The normalized spacial score (nSPS) is 11.8. The Balaban J connectivity index is 1.16. The van der Waals surface area contributed by atoms with E-state index in [9.17, 15) is 0 Å². The predicted molar refractivity (Wildman–Crippen MR) is 251 cm³/mol. The van der Waals surface area contributed by atoms with E-state index in [1.54, 1.807) is 0 Å². The van der Waals surface area contributed by atoms with E-state index in [2.05, 4.69) is 218 Å². The molecule has 0 aliphatic carbocycles. The lowest BCUT2D eigenvalue weighted by Gasteiger charge is -2.19. The topological polar surface area (TPSA) is 0 Å². The molecule has 12 aromatic rings. The lowest BCUT2D eigenvalue weighted by Crippen LogP contribution is -1.91. The number of rotatable bonds is 4. The van der Waals surface area contributed by atoms with Crippen LogP contribution in [0.15, 0.2) is 218 Å². The molecule has 0 atom stereocenters. The third kappa shape index (κ3) is 4.95. The maximum atomic E-state index is 2.46. The van der Waals surface area contributed by atoms with Crippen molar-refractivity contribution in [2.75, 3.05) is 0 Å². The Labute approximate surface area is 336 Å². The van der Waals surface area contributed by atoms with Crippen LogP contribution >= 0.6 is 0 Å². The number of benzene rings is 12. The molecule has 268 valence electrons. The highest BCUT2D eigenvalue weighted by atomic mass is 14.2. The largest absolute Gasteiger partial charge is 0.0622 e. The van der Waals surface area contributed by atoms with Crippen molar-refractivity contribution in [1.82, 2.24) is 0 Å². The summed E-state index contributed by atoms with van der Waals surface area (Å²) in [7, 11) is 0. The Morgan fingerprint density at radius 3 is 0.793 bits per heavy atom. The van der Waals surface area contributed by atoms with E-state index in [0.717, 1.165) is 0 Å². The van der Waals surface area contributed by atoms with Crippen LogP contribution in [0.4, 0.5) is 0 Å². The van der Waals surface area contributed by atoms with Crippen LogP contribution in [-0.2, 0) is 0 Å². The molecule has 0 aliphatic rings. The first-order chi connectivity index (χ1) is 28.8. The molecule has 12 rings (SSSR count). The van der Waals surface area contributed by atoms with Crippen molar-refractivity contribution in [2.24, 2.45) is 0 Å². The Hall–Kier alpha value is -7.54. The van der Waals surface area contributed by atoms with Crippen LogP contribution in [0.25, 0.3) is 120 Å². The van der Waals surface area contributed by atoms with Gasteiger partial charge in [0.15, 0.2) is 0 Å². The molecule has 0 heterocycles. The molecule has 0 saturated heterocycles. The molecule has 0 amide bonds. The lowest BCUT2D eigenvalue weighted by atomic mass is 9.84. The summed E-state index contributed by atoms with van der Waals surface area (Å²) in [6.45, 7) is 0. The second-order valence-electron chi connectivity index (χ2n) is 15.5. The van der Waals surface area contributed by atoms with Gasteiger partial charge in [-0.25, -0.2) is 0 Å². The third-order valence-electron chi connectivity index (χ3n) is 12.4. The summed E-state index contributed by atoms with van der Waals surface area (Å²) in [6.07, 6.45) is 0. The Morgan fingerprint density at radius 2 is 0.431 bits per heavy atom. The van der Waals surface area contributed by atoms with E-state index in [1.807, 2.05) is 0 Å². The minimum atomic E-state index is 1.22. The number of fused-ring (bicyclic) bond motifs is 13. The Bertz CT molecular complexity index is 3350. The monoisotopic (exact) mass is 732 g/mol. The van der Waals surface area contributed by atoms with Crippen molar-refractivity contribution in [3.63, 3.8) is 0 Å². The van der Waals surface area contributed by atoms with Crippen molar-refractivity contribution in [3.8, 4) is 44.5 Å². The van der Waals surface area contributed by atoms with E-state index in [4.69, 9.17) is 0 Å². The van der Waals surface area contributed by atoms with Crippen molar-refractivity contribution >= 4 is 75.4 Å². The van der Waals surface area contributed by atoms with Crippen molar-refractivity contribution < 1.29 is 0 Å². The van der Waals surface area contributed by atoms with Gasteiger partial charge >= 0.3 is 0 Å². The maximum Gasteiger partial charge on any atom is -0.00137 e. The van der Waals surface area contributed by atoms with Crippen molar-refractivity contribution in [3.05, 3.63) is 218 Å². The molecule has 0 spiro atoms. The SMILES string of the molecule is c1ccc(-c2ccc(-c3ccc4c5ccccc5c5c6cc(-c7ccc(-c8ccccc8)c8ccccc78)ccc6c6ccccc6c5c4c3)c3ccccc23)cc1. The molecule has 0 unspecified atom stereocenters. The molecule has 0 heteroatoms.